The number of amides is 1. The Morgan fingerprint density at radius 1 is 1.09 bits per heavy atom. The van der Waals surface area contributed by atoms with Crippen LogP contribution in [0.4, 0.5) is 5.69 Å². The molecule has 1 N–H and O–H groups in total. The minimum Gasteiger partial charge on any atom is -0.494 e. The molecule has 2 aromatic rings. The normalized spacial score (nSPS) is 14.6. The third-order valence-electron chi connectivity index (χ3n) is 4.83. The molecule has 1 saturated heterocycles. The van der Waals surface area contributed by atoms with E-state index in [1.54, 1.807) is 37.3 Å². The molecule has 2 aromatic carbocycles. The lowest BCUT2D eigenvalue weighted by molar-refractivity contribution is -0.119. The molecule has 1 fully saturated rings. The van der Waals surface area contributed by atoms with Crippen LogP contribution in [0.3, 0.4) is 0 Å². The van der Waals surface area contributed by atoms with Crippen molar-refractivity contribution in [2.75, 3.05) is 44.8 Å². The first kappa shape index (κ1) is 23.7. The highest BCUT2D eigenvalue weighted by atomic mass is 32.2. The summed E-state index contributed by atoms with van der Waals surface area (Å²) in [5, 5.41) is 2.61. The van der Waals surface area contributed by atoms with Gasteiger partial charge in [0, 0.05) is 18.8 Å². The molecule has 9 nitrogen and oxygen atoms in total. The quantitative estimate of drug-likeness (QED) is 0.599. The van der Waals surface area contributed by atoms with Gasteiger partial charge in [0.15, 0.2) is 6.61 Å². The maximum Gasteiger partial charge on any atom is 0.338 e. The van der Waals surface area contributed by atoms with Crippen LogP contribution in [0, 0.1) is 6.92 Å². The highest BCUT2D eigenvalue weighted by Gasteiger charge is 2.27. The van der Waals surface area contributed by atoms with E-state index in [-0.39, 0.29) is 23.5 Å². The molecule has 0 aromatic heterocycles. The largest absolute Gasteiger partial charge is 0.494 e. The molecule has 0 saturated carbocycles. The Labute approximate surface area is 187 Å². The van der Waals surface area contributed by atoms with Gasteiger partial charge in [0.25, 0.3) is 5.91 Å². The van der Waals surface area contributed by atoms with Crippen LogP contribution in [-0.4, -0.2) is 64.1 Å². The maximum absolute atomic E-state index is 12.9. The number of nitrogens with one attached hydrogen (secondary N) is 1. The number of nitrogens with zero attached hydrogens (tertiary/aromatic N) is 1. The fourth-order valence-electron chi connectivity index (χ4n) is 3.09. The van der Waals surface area contributed by atoms with Crippen LogP contribution < -0.4 is 10.1 Å². The van der Waals surface area contributed by atoms with Crippen molar-refractivity contribution in [1.29, 1.82) is 0 Å². The number of carbonyl (C=O) groups is 2. The zero-order chi connectivity index (χ0) is 23.1. The number of sulfonamides is 1. The van der Waals surface area contributed by atoms with Gasteiger partial charge >= 0.3 is 5.97 Å². The lowest BCUT2D eigenvalue weighted by Crippen LogP contribution is -2.40. The first-order valence-electron chi connectivity index (χ1n) is 10.2. The highest BCUT2D eigenvalue weighted by Crippen LogP contribution is 2.23. The van der Waals surface area contributed by atoms with Crippen molar-refractivity contribution in [1.82, 2.24) is 4.31 Å². The SMILES string of the molecule is CCOc1ccc(C(=O)OCC(=O)Nc2cc(S(=O)(=O)N3CCOCC3)ccc2C)cc1. The third-order valence-corrected chi connectivity index (χ3v) is 6.72. The minimum atomic E-state index is -3.70. The second-order valence-corrected chi connectivity index (χ2v) is 9.01. The summed E-state index contributed by atoms with van der Waals surface area (Å²) in [6, 6.07) is 10.9. The number of esters is 1. The molecule has 0 aliphatic carbocycles. The van der Waals surface area contributed by atoms with Gasteiger partial charge in [-0.05, 0) is 55.8 Å². The topological polar surface area (TPSA) is 111 Å². The van der Waals surface area contributed by atoms with Crippen molar-refractivity contribution >= 4 is 27.6 Å². The Hall–Kier alpha value is -2.95. The van der Waals surface area contributed by atoms with Crippen LogP contribution >= 0.6 is 0 Å². The molecule has 1 heterocycles. The predicted octanol–water partition coefficient (Wildman–Crippen LogP) is 2.21. The van der Waals surface area contributed by atoms with E-state index >= 15 is 0 Å². The zero-order valence-electron chi connectivity index (χ0n) is 18.0. The van der Waals surface area contributed by atoms with Gasteiger partial charge in [0.05, 0.1) is 30.3 Å². The van der Waals surface area contributed by atoms with Gasteiger partial charge in [-0.25, -0.2) is 13.2 Å². The fourth-order valence-corrected chi connectivity index (χ4v) is 4.52. The number of hydrogen-bond acceptors (Lipinski definition) is 7. The Morgan fingerprint density at radius 3 is 2.44 bits per heavy atom. The summed E-state index contributed by atoms with van der Waals surface area (Å²) in [6.07, 6.45) is 0. The van der Waals surface area contributed by atoms with E-state index in [4.69, 9.17) is 14.2 Å². The number of morpholine rings is 1. The fraction of sp³-hybridized carbons (Fsp3) is 0.364. The second kappa shape index (κ2) is 10.6. The number of anilines is 1. The summed E-state index contributed by atoms with van der Waals surface area (Å²) in [6.45, 7) is 4.84. The predicted molar refractivity (Wildman–Crippen MR) is 117 cm³/mol. The third kappa shape index (κ3) is 5.84. The summed E-state index contributed by atoms with van der Waals surface area (Å²) in [7, 11) is -3.70. The number of ether oxygens (including phenoxy) is 3. The molecule has 0 spiro atoms. The molecule has 3 rings (SSSR count). The number of rotatable bonds is 8. The second-order valence-electron chi connectivity index (χ2n) is 7.07. The number of aryl methyl sites for hydroxylation is 1. The Bertz CT molecular complexity index is 1060. The molecule has 1 aliphatic rings. The van der Waals surface area contributed by atoms with Crippen molar-refractivity contribution in [3.8, 4) is 5.75 Å². The van der Waals surface area contributed by atoms with Crippen LogP contribution in [0.1, 0.15) is 22.8 Å². The molecule has 0 atom stereocenters. The average Bonchev–Trinajstić information content (AvgIpc) is 2.80. The van der Waals surface area contributed by atoms with Crippen molar-refractivity contribution in [3.63, 3.8) is 0 Å². The van der Waals surface area contributed by atoms with E-state index in [0.29, 0.717) is 36.8 Å². The van der Waals surface area contributed by atoms with Crippen LogP contribution in [0.25, 0.3) is 0 Å². The molecular formula is C22H26N2O7S. The zero-order valence-corrected chi connectivity index (χ0v) is 18.8. The molecule has 0 unspecified atom stereocenters. The van der Waals surface area contributed by atoms with Gasteiger partial charge in [0.1, 0.15) is 5.75 Å². The highest BCUT2D eigenvalue weighted by molar-refractivity contribution is 7.89. The van der Waals surface area contributed by atoms with Gasteiger partial charge in [-0.1, -0.05) is 6.07 Å². The smallest absolute Gasteiger partial charge is 0.338 e. The monoisotopic (exact) mass is 462 g/mol. The lowest BCUT2D eigenvalue weighted by atomic mass is 10.2. The Balaban J connectivity index is 1.62. The standard InChI is InChI=1S/C22H26N2O7S/c1-3-30-18-7-5-17(6-8-18)22(26)31-15-21(25)23-20-14-19(9-4-16(20)2)32(27,28)24-10-12-29-13-11-24/h4-9,14H,3,10-13,15H2,1-2H3,(H,23,25). The molecule has 32 heavy (non-hydrogen) atoms. The van der Waals surface area contributed by atoms with Crippen LogP contribution in [-0.2, 0) is 24.3 Å². The summed E-state index contributed by atoms with van der Waals surface area (Å²) >= 11 is 0. The molecular weight excluding hydrogens is 436 g/mol. The molecule has 172 valence electrons. The van der Waals surface area contributed by atoms with Gasteiger partial charge in [-0.2, -0.15) is 4.31 Å². The van der Waals surface area contributed by atoms with Gasteiger partial charge in [-0.15, -0.1) is 0 Å². The molecule has 1 aliphatic heterocycles. The van der Waals surface area contributed by atoms with Crippen molar-refractivity contribution in [2.45, 2.75) is 18.7 Å². The van der Waals surface area contributed by atoms with Crippen molar-refractivity contribution in [2.24, 2.45) is 0 Å². The summed E-state index contributed by atoms with van der Waals surface area (Å²) in [5.74, 6) is -0.596. The van der Waals surface area contributed by atoms with Gasteiger partial charge in [-0.3, -0.25) is 4.79 Å². The number of carbonyl (C=O) groups excluding carboxylic acids is 2. The van der Waals surface area contributed by atoms with Crippen molar-refractivity contribution < 1.29 is 32.2 Å². The van der Waals surface area contributed by atoms with E-state index < -0.39 is 28.5 Å². The van der Waals surface area contributed by atoms with Crippen LogP contribution in [0.15, 0.2) is 47.4 Å². The molecule has 1 amide bonds. The van der Waals surface area contributed by atoms with Crippen LogP contribution in [0.5, 0.6) is 5.75 Å². The van der Waals surface area contributed by atoms with Crippen LogP contribution in [0.2, 0.25) is 0 Å². The first-order valence-corrected chi connectivity index (χ1v) is 11.6. The van der Waals surface area contributed by atoms with E-state index in [1.165, 1.54) is 16.4 Å². The van der Waals surface area contributed by atoms with Gasteiger partial charge in [0.2, 0.25) is 10.0 Å². The first-order chi connectivity index (χ1) is 15.3. The average molecular weight is 463 g/mol. The Morgan fingerprint density at radius 2 is 1.78 bits per heavy atom. The molecule has 0 bridgehead atoms. The Kier molecular flexibility index (Phi) is 7.84. The molecule has 0 radical (unpaired) electrons. The number of benzene rings is 2. The maximum atomic E-state index is 12.9. The summed E-state index contributed by atoms with van der Waals surface area (Å²) in [4.78, 5) is 24.6. The summed E-state index contributed by atoms with van der Waals surface area (Å²) in [5.41, 5.74) is 1.30. The van der Waals surface area contributed by atoms with E-state index in [2.05, 4.69) is 5.32 Å². The van der Waals surface area contributed by atoms with Gasteiger partial charge < -0.3 is 19.5 Å². The minimum absolute atomic E-state index is 0.0756. The van der Waals surface area contributed by atoms with Crippen molar-refractivity contribution in [3.05, 3.63) is 53.6 Å². The molecule has 10 heteroatoms. The summed E-state index contributed by atoms with van der Waals surface area (Å²) < 4.78 is 42.7. The van der Waals surface area contributed by atoms with E-state index in [0.717, 1.165) is 0 Å². The number of hydrogen-bond donors (Lipinski definition) is 1. The lowest BCUT2D eigenvalue weighted by Gasteiger charge is -2.26. The van der Waals surface area contributed by atoms with E-state index in [1.807, 2.05) is 6.92 Å². The van der Waals surface area contributed by atoms with E-state index in [9.17, 15) is 18.0 Å².